The van der Waals surface area contributed by atoms with Gasteiger partial charge in [-0.15, -0.1) is 12.4 Å². The summed E-state index contributed by atoms with van der Waals surface area (Å²) in [7, 11) is 0. The van der Waals surface area contributed by atoms with Crippen molar-refractivity contribution in [3.8, 4) is 0 Å². The summed E-state index contributed by atoms with van der Waals surface area (Å²) in [4.78, 5) is 2.21. The fraction of sp³-hybridized carbons (Fsp3) is 0. The van der Waals surface area contributed by atoms with E-state index in [-0.39, 0.29) is 12.4 Å². The first-order valence-electron chi connectivity index (χ1n) is 1.16. The van der Waals surface area contributed by atoms with Crippen molar-refractivity contribution in [3.63, 3.8) is 0 Å². The molecule has 0 saturated carbocycles. The highest BCUT2D eigenvalue weighted by atomic mass is 35.5. The molecule has 0 aromatic heterocycles. The maximum atomic E-state index is 7.47. The maximum absolute atomic E-state index is 7.47. The molecule has 0 aromatic rings. The van der Waals surface area contributed by atoms with Crippen LogP contribution in [-0.4, -0.2) is 5.96 Å². The predicted molar refractivity (Wildman–Crippen MR) is 28.3 cm³/mol. The molecule has 0 radical (unpaired) electrons. The molecular formula is CH4ClN5. The van der Waals surface area contributed by atoms with Crippen LogP contribution < -0.4 is 5.73 Å². The summed E-state index contributed by atoms with van der Waals surface area (Å²) in [5, 5.41) is 8.92. The molecule has 0 heterocycles. The van der Waals surface area contributed by atoms with Crippen LogP contribution in [0, 0.1) is 5.41 Å². The van der Waals surface area contributed by atoms with Gasteiger partial charge in [-0.3, -0.25) is 5.41 Å². The van der Waals surface area contributed by atoms with Crippen molar-refractivity contribution in [2.45, 2.75) is 0 Å². The van der Waals surface area contributed by atoms with E-state index in [4.69, 9.17) is 10.9 Å². The van der Waals surface area contributed by atoms with Gasteiger partial charge in [-0.1, -0.05) is 0 Å². The zero-order valence-corrected chi connectivity index (χ0v) is 4.14. The van der Waals surface area contributed by atoms with E-state index < -0.39 is 5.96 Å². The third kappa shape index (κ3) is 11.2. The molecule has 0 aliphatic heterocycles. The first-order valence-corrected chi connectivity index (χ1v) is 1.16. The van der Waals surface area contributed by atoms with Gasteiger partial charge >= 0.3 is 0 Å². The van der Waals surface area contributed by atoms with Crippen LogP contribution in [0.3, 0.4) is 0 Å². The zero-order valence-electron chi connectivity index (χ0n) is 3.33. The van der Waals surface area contributed by atoms with Gasteiger partial charge in [0.1, 0.15) is 0 Å². The Labute approximate surface area is 46.1 Å². The lowest BCUT2D eigenvalue weighted by Gasteiger charge is -1.69. The molecule has 3 N–H and O–H groups in total. The quantitative estimate of drug-likeness (QED) is 0.159. The van der Waals surface area contributed by atoms with Gasteiger partial charge in [-0.2, -0.15) is 0 Å². The van der Waals surface area contributed by atoms with Gasteiger partial charge in [0.05, 0.1) is 0 Å². The van der Waals surface area contributed by atoms with Crippen LogP contribution in [0.5, 0.6) is 0 Å². The van der Waals surface area contributed by atoms with Gasteiger partial charge in [0.2, 0.25) is 0 Å². The molecule has 6 heteroatoms. The van der Waals surface area contributed by atoms with Crippen LogP contribution in [0.2, 0.25) is 0 Å². The highest BCUT2D eigenvalue weighted by Gasteiger charge is 1.67. The summed E-state index contributed by atoms with van der Waals surface area (Å²) >= 11 is 0. The molecule has 40 valence electrons. The summed E-state index contributed by atoms with van der Waals surface area (Å²) in [6.45, 7) is 0. The van der Waals surface area contributed by atoms with Gasteiger partial charge in [0.25, 0.3) is 0 Å². The molecule has 5 nitrogen and oxygen atoms in total. The van der Waals surface area contributed by atoms with E-state index in [9.17, 15) is 0 Å². The number of rotatable bonds is 0. The average molecular weight is 122 g/mol. The SMILES string of the molecule is Cl.[N-]=[N+]=NC(=N)N. The van der Waals surface area contributed by atoms with Crippen molar-refractivity contribution < 1.29 is 0 Å². The fourth-order valence-corrected chi connectivity index (χ4v) is 0.0482. The van der Waals surface area contributed by atoms with Crippen molar-refractivity contribution in [2.75, 3.05) is 0 Å². The smallest absolute Gasteiger partial charge is 0.179 e. The second-order valence-electron chi connectivity index (χ2n) is 0.575. The van der Waals surface area contributed by atoms with E-state index in [0.717, 1.165) is 0 Å². The minimum absolute atomic E-state index is 0. The molecule has 0 spiro atoms. The lowest BCUT2D eigenvalue weighted by atomic mass is 11.1. The van der Waals surface area contributed by atoms with Crippen molar-refractivity contribution in [1.29, 1.82) is 5.41 Å². The minimum Gasteiger partial charge on any atom is -0.382 e. The number of hydrogen-bond acceptors (Lipinski definition) is 1. The molecule has 0 amide bonds. The third-order valence-corrected chi connectivity index (χ3v) is 0.152. The van der Waals surface area contributed by atoms with Crippen LogP contribution in [-0.2, 0) is 0 Å². The highest BCUT2D eigenvalue weighted by Crippen LogP contribution is 1.59. The summed E-state index contributed by atoms with van der Waals surface area (Å²) in [6, 6.07) is 0. The highest BCUT2D eigenvalue weighted by molar-refractivity contribution is 5.85. The van der Waals surface area contributed by atoms with E-state index in [0.29, 0.717) is 0 Å². The standard InChI is InChI=1S/CH3N5.ClH/c2-1(3)5-6-4;/h(H3,2,3);1H. The number of halogens is 1. The van der Waals surface area contributed by atoms with Crippen LogP contribution in [0.15, 0.2) is 5.11 Å². The number of nitrogens with one attached hydrogen (secondary N) is 1. The van der Waals surface area contributed by atoms with Gasteiger partial charge in [-0.05, 0) is 10.6 Å². The number of hydrogen-bond donors (Lipinski definition) is 2. The Balaban J connectivity index is 0. The fourth-order valence-electron chi connectivity index (χ4n) is 0.0482. The van der Waals surface area contributed by atoms with Gasteiger partial charge in [-0.25, -0.2) is 0 Å². The van der Waals surface area contributed by atoms with Gasteiger partial charge < -0.3 is 5.73 Å². The Bertz CT molecular complexity index is 101. The monoisotopic (exact) mass is 121 g/mol. The van der Waals surface area contributed by atoms with Crippen LogP contribution in [0.4, 0.5) is 0 Å². The summed E-state index contributed by atoms with van der Waals surface area (Å²) in [6.07, 6.45) is 0. The number of nitrogens with two attached hydrogens (primary N) is 1. The molecular weight excluding hydrogens is 117 g/mol. The molecule has 0 atom stereocenters. The van der Waals surface area contributed by atoms with Crippen LogP contribution in [0.25, 0.3) is 10.4 Å². The zero-order chi connectivity index (χ0) is 4.99. The molecule has 0 fully saturated rings. The Kier molecular flexibility index (Phi) is 6.82. The second-order valence-corrected chi connectivity index (χ2v) is 0.575. The minimum atomic E-state index is -0.502. The van der Waals surface area contributed by atoms with Gasteiger partial charge in [0.15, 0.2) is 5.96 Å². The largest absolute Gasteiger partial charge is 0.382 e. The molecule has 7 heavy (non-hydrogen) atoms. The summed E-state index contributed by atoms with van der Waals surface area (Å²) in [5.41, 5.74) is 12.0. The van der Waals surface area contributed by atoms with Crippen molar-refractivity contribution in [2.24, 2.45) is 10.8 Å². The first-order chi connectivity index (χ1) is 2.77. The third-order valence-electron chi connectivity index (χ3n) is 0.152. The van der Waals surface area contributed by atoms with E-state index in [2.05, 4.69) is 15.8 Å². The predicted octanol–water partition coefficient (Wildman–Crippen LogP) is 0.612. The summed E-state index contributed by atoms with van der Waals surface area (Å²) in [5.74, 6) is -0.502. The average Bonchev–Trinajstić information content (AvgIpc) is 1.35. The van der Waals surface area contributed by atoms with E-state index >= 15 is 0 Å². The van der Waals surface area contributed by atoms with Gasteiger partial charge in [0, 0.05) is 4.91 Å². The van der Waals surface area contributed by atoms with Crippen molar-refractivity contribution in [3.05, 3.63) is 10.4 Å². The Morgan fingerprint density at radius 3 is 2.29 bits per heavy atom. The molecule has 0 aliphatic carbocycles. The Morgan fingerprint density at radius 1 is 1.86 bits per heavy atom. The van der Waals surface area contributed by atoms with E-state index in [1.54, 1.807) is 0 Å². The van der Waals surface area contributed by atoms with E-state index in [1.165, 1.54) is 0 Å². The van der Waals surface area contributed by atoms with Crippen LogP contribution >= 0.6 is 12.4 Å². The summed E-state index contributed by atoms with van der Waals surface area (Å²) < 4.78 is 0. The van der Waals surface area contributed by atoms with E-state index in [1.807, 2.05) is 0 Å². The number of nitrogens with zero attached hydrogens (tertiary/aromatic N) is 3. The molecule has 0 rings (SSSR count). The molecule has 0 aromatic carbocycles. The van der Waals surface area contributed by atoms with Crippen molar-refractivity contribution >= 4 is 18.4 Å². The maximum Gasteiger partial charge on any atom is 0.179 e. The first kappa shape index (κ1) is 9.42. The Morgan fingerprint density at radius 2 is 2.29 bits per heavy atom. The topological polar surface area (TPSA) is 98.6 Å². The molecule has 0 aliphatic rings. The normalized spacial score (nSPS) is 5.14. The molecule has 0 unspecified atom stereocenters. The molecule has 0 bridgehead atoms. The molecule has 0 saturated heterocycles. The lowest BCUT2D eigenvalue weighted by Crippen LogP contribution is -2.02. The number of azide groups is 1. The van der Waals surface area contributed by atoms with Crippen LogP contribution in [0.1, 0.15) is 0 Å². The lowest BCUT2D eigenvalue weighted by molar-refractivity contribution is 1.36. The second kappa shape index (κ2) is 5.07. The Hall–Kier alpha value is -0.930. The van der Waals surface area contributed by atoms with Crippen molar-refractivity contribution in [1.82, 2.24) is 0 Å². The number of guanidine groups is 1.